The Kier molecular flexibility index (Phi) is 9.19. The second-order valence-corrected chi connectivity index (χ2v) is 2.11. The number of hydrogen-bond donors (Lipinski definition) is 1. The average Bonchev–Trinajstić information content (AvgIpc) is 1.89. The van der Waals surface area contributed by atoms with E-state index in [1.54, 1.807) is 23.0 Å². The molecule has 0 amide bonds. The van der Waals surface area contributed by atoms with Gasteiger partial charge in [0.25, 0.3) is 0 Å². The van der Waals surface area contributed by atoms with Crippen LogP contribution < -0.4 is 5.48 Å². The lowest BCUT2D eigenvalue weighted by atomic mass is 10.3. The Morgan fingerprint density at radius 1 is 1.44 bits per heavy atom. The average molecular weight is 245 g/mol. The summed E-state index contributed by atoms with van der Waals surface area (Å²) < 4.78 is 4.28. The minimum absolute atomic E-state index is 0.858. The fourth-order valence-corrected chi connectivity index (χ4v) is 0.638. The largest absolute Gasteiger partial charge is 0.169 e. The minimum Gasteiger partial charge on any atom is -0.169 e. The van der Waals surface area contributed by atoms with Gasteiger partial charge in [-0.25, -0.2) is 0 Å². The Balaban J connectivity index is 2.60. The van der Waals surface area contributed by atoms with Crippen molar-refractivity contribution in [2.75, 3.05) is 6.54 Å². The molecule has 0 saturated carbocycles. The zero-order chi connectivity index (χ0) is 6.95. The molecular weight excluding hydrogens is 233 g/mol. The molecule has 0 heterocycles. The Labute approximate surface area is 69.7 Å². The molecule has 9 heavy (non-hydrogen) atoms. The molecule has 3 nitrogen and oxygen atoms in total. The number of hydrogen-bond acceptors (Lipinski definition) is 3. The first-order valence-corrected chi connectivity index (χ1v) is 3.97. The molecule has 0 aliphatic carbocycles. The van der Waals surface area contributed by atoms with Crippen molar-refractivity contribution in [2.45, 2.75) is 26.2 Å². The van der Waals surface area contributed by atoms with Crippen LogP contribution in [-0.2, 0) is 8.21 Å². The summed E-state index contributed by atoms with van der Waals surface area (Å²) >= 11 is 1.66. The maximum atomic E-state index is 4.42. The third-order valence-electron chi connectivity index (χ3n) is 0.973. The van der Waals surface area contributed by atoms with Gasteiger partial charge in [-0.3, -0.25) is 0 Å². The van der Waals surface area contributed by atoms with Gasteiger partial charge in [0, 0.05) is 6.54 Å². The Hall–Kier alpha value is 0.610. The van der Waals surface area contributed by atoms with Crippen molar-refractivity contribution in [3.8, 4) is 0 Å². The molecule has 0 spiro atoms. The zero-order valence-electron chi connectivity index (χ0n) is 5.52. The van der Waals surface area contributed by atoms with E-state index in [-0.39, 0.29) is 0 Å². The number of hydroxylamine groups is 1. The first-order chi connectivity index (χ1) is 4.41. The van der Waals surface area contributed by atoms with Gasteiger partial charge >= 0.3 is 0 Å². The predicted octanol–water partition coefficient (Wildman–Crippen LogP) is 1.98. The molecule has 4 heteroatoms. The highest BCUT2D eigenvalue weighted by molar-refractivity contribution is 14.1. The molecule has 0 unspecified atom stereocenters. The molecule has 0 saturated heterocycles. The summed E-state index contributed by atoms with van der Waals surface area (Å²) in [6, 6.07) is 0. The molecule has 0 bridgehead atoms. The fourth-order valence-electron chi connectivity index (χ4n) is 0.511. The van der Waals surface area contributed by atoms with Gasteiger partial charge in [0.05, 0.1) is 0 Å². The van der Waals surface area contributed by atoms with Crippen LogP contribution in [0.15, 0.2) is 0 Å². The summed E-state index contributed by atoms with van der Waals surface area (Å²) in [6.07, 6.45) is 3.60. The van der Waals surface area contributed by atoms with E-state index in [0.717, 1.165) is 13.0 Å². The van der Waals surface area contributed by atoms with Gasteiger partial charge in [0.15, 0.2) is 23.0 Å². The lowest BCUT2D eigenvalue weighted by Gasteiger charge is -1.98. The molecule has 0 aliphatic rings. The number of unbranched alkanes of at least 4 members (excludes halogenated alkanes) is 2. The third kappa shape index (κ3) is 8.61. The van der Waals surface area contributed by atoms with E-state index in [4.69, 9.17) is 0 Å². The molecule has 0 aromatic heterocycles. The number of halogens is 1. The van der Waals surface area contributed by atoms with Gasteiger partial charge in [-0.05, 0) is 6.42 Å². The molecule has 56 valence electrons. The lowest BCUT2D eigenvalue weighted by Crippen LogP contribution is -2.13. The lowest BCUT2D eigenvalue weighted by molar-refractivity contribution is -0.222. The molecule has 0 aliphatic heterocycles. The quantitative estimate of drug-likeness (QED) is 0.336. The molecular formula is C5H12INO2. The van der Waals surface area contributed by atoms with Crippen LogP contribution in [0.25, 0.3) is 0 Å². The van der Waals surface area contributed by atoms with E-state index in [9.17, 15) is 0 Å². The van der Waals surface area contributed by atoms with Crippen molar-refractivity contribution in [2.24, 2.45) is 0 Å². The maximum Gasteiger partial charge on any atom is 0.157 e. The summed E-state index contributed by atoms with van der Waals surface area (Å²) in [6.45, 7) is 3.02. The summed E-state index contributed by atoms with van der Waals surface area (Å²) in [5, 5.41) is 0. The van der Waals surface area contributed by atoms with Gasteiger partial charge in [-0.1, -0.05) is 19.8 Å². The van der Waals surface area contributed by atoms with Crippen LogP contribution in [0.5, 0.6) is 0 Å². The molecule has 1 N–H and O–H groups in total. The van der Waals surface area contributed by atoms with E-state index in [1.165, 1.54) is 12.8 Å². The monoisotopic (exact) mass is 245 g/mol. The van der Waals surface area contributed by atoms with E-state index < -0.39 is 0 Å². The fraction of sp³-hybridized carbons (Fsp3) is 1.00. The van der Waals surface area contributed by atoms with E-state index in [2.05, 4.69) is 20.6 Å². The molecule has 0 rings (SSSR count). The highest BCUT2D eigenvalue weighted by atomic mass is 127. The first-order valence-electron chi connectivity index (χ1n) is 3.09. The summed E-state index contributed by atoms with van der Waals surface area (Å²) in [5.41, 5.74) is 2.64. The van der Waals surface area contributed by atoms with Crippen molar-refractivity contribution in [1.29, 1.82) is 0 Å². The van der Waals surface area contributed by atoms with E-state index in [0.29, 0.717) is 0 Å². The maximum absolute atomic E-state index is 4.42. The Morgan fingerprint density at radius 2 is 2.22 bits per heavy atom. The minimum atomic E-state index is 0.858. The predicted molar refractivity (Wildman–Crippen MR) is 43.7 cm³/mol. The highest BCUT2D eigenvalue weighted by Gasteiger charge is 1.84. The standard InChI is InChI=1S/C5H12INO2/c1-2-3-4-5-7-9-8-6/h7H,2-5H2,1H3. The van der Waals surface area contributed by atoms with Gasteiger partial charge in [-0.2, -0.15) is 5.48 Å². The summed E-state index contributed by atoms with van der Waals surface area (Å²) in [5.74, 6) is 0. The van der Waals surface area contributed by atoms with Gasteiger partial charge in [-0.15, -0.1) is 8.21 Å². The van der Waals surface area contributed by atoms with Crippen LogP contribution in [0.4, 0.5) is 0 Å². The second-order valence-electron chi connectivity index (χ2n) is 1.75. The van der Waals surface area contributed by atoms with Gasteiger partial charge < -0.3 is 0 Å². The smallest absolute Gasteiger partial charge is 0.157 e. The normalized spacial score (nSPS) is 10.0. The summed E-state index contributed by atoms with van der Waals surface area (Å²) in [4.78, 5) is 4.42. The van der Waals surface area contributed by atoms with Crippen LogP contribution in [-0.4, -0.2) is 6.54 Å². The number of nitrogens with one attached hydrogen (secondary N) is 1. The van der Waals surface area contributed by atoms with E-state index >= 15 is 0 Å². The molecule has 0 atom stereocenters. The Morgan fingerprint density at radius 3 is 2.78 bits per heavy atom. The van der Waals surface area contributed by atoms with Gasteiger partial charge in [0.2, 0.25) is 0 Å². The molecule has 0 radical (unpaired) electrons. The summed E-state index contributed by atoms with van der Waals surface area (Å²) in [7, 11) is 0. The second kappa shape index (κ2) is 8.61. The molecule has 0 aromatic rings. The van der Waals surface area contributed by atoms with Crippen LogP contribution in [0.3, 0.4) is 0 Å². The molecule has 0 aromatic carbocycles. The van der Waals surface area contributed by atoms with Crippen molar-refractivity contribution in [1.82, 2.24) is 5.48 Å². The van der Waals surface area contributed by atoms with Crippen LogP contribution >= 0.6 is 23.0 Å². The van der Waals surface area contributed by atoms with Crippen molar-refractivity contribution >= 4 is 23.0 Å². The SMILES string of the molecule is CCCCCNOOI. The first kappa shape index (κ1) is 9.61. The topological polar surface area (TPSA) is 30.5 Å². The van der Waals surface area contributed by atoms with Crippen molar-refractivity contribution in [3.05, 3.63) is 0 Å². The zero-order valence-corrected chi connectivity index (χ0v) is 7.68. The van der Waals surface area contributed by atoms with Crippen LogP contribution in [0.2, 0.25) is 0 Å². The Bertz CT molecular complexity index is 48.2. The van der Waals surface area contributed by atoms with Crippen LogP contribution in [0.1, 0.15) is 26.2 Å². The van der Waals surface area contributed by atoms with Gasteiger partial charge in [0.1, 0.15) is 0 Å². The molecule has 0 fully saturated rings. The van der Waals surface area contributed by atoms with Crippen molar-refractivity contribution in [3.63, 3.8) is 0 Å². The highest BCUT2D eigenvalue weighted by Crippen LogP contribution is 1.91. The van der Waals surface area contributed by atoms with Crippen molar-refractivity contribution < 1.29 is 8.21 Å². The van der Waals surface area contributed by atoms with E-state index in [1.807, 2.05) is 0 Å². The number of rotatable bonds is 6. The van der Waals surface area contributed by atoms with Crippen LogP contribution in [0, 0.1) is 0 Å². The third-order valence-corrected chi connectivity index (χ3v) is 1.15.